The molecule has 1 aliphatic heterocycles. The SMILES string of the molecule is C=C[C@@H](C)[C@H](CC[C@@H](C)C=O)OC1CCCCO1. The minimum atomic E-state index is -0.0716. The molecule has 4 atom stereocenters. The minimum Gasteiger partial charge on any atom is -0.353 e. The van der Waals surface area contributed by atoms with Crippen LogP contribution in [-0.4, -0.2) is 25.3 Å². The molecule has 1 rings (SSSR count). The second-order valence-corrected chi connectivity index (χ2v) is 5.26. The van der Waals surface area contributed by atoms with E-state index in [1.165, 1.54) is 6.42 Å². The van der Waals surface area contributed by atoms with Gasteiger partial charge in [0.2, 0.25) is 0 Å². The van der Waals surface area contributed by atoms with E-state index in [4.69, 9.17) is 9.47 Å². The van der Waals surface area contributed by atoms with Gasteiger partial charge in [-0.1, -0.05) is 19.9 Å². The highest BCUT2D eigenvalue weighted by Gasteiger charge is 2.23. The molecule has 1 heterocycles. The number of aldehydes is 1. The van der Waals surface area contributed by atoms with Crippen LogP contribution < -0.4 is 0 Å². The fraction of sp³-hybridized carbons (Fsp3) is 0.800. The Bertz CT molecular complexity index is 246. The van der Waals surface area contributed by atoms with E-state index < -0.39 is 0 Å². The molecule has 0 N–H and O–H groups in total. The van der Waals surface area contributed by atoms with Crippen molar-refractivity contribution in [2.45, 2.75) is 58.3 Å². The third-order valence-corrected chi connectivity index (χ3v) is 3.56. The molecule has 0 aliphatic carbocycles. The first kappa shape index (κ1) is 15.4. The topological polar surface area (TPSA) is 35.5 Å². The Morgan fingerprint density at radius 3 is 2.72 bits per heavy atom. The molecule has 0 amide bonds. The molecule has 104 valence electrons. The van der Waals surface area contributed by atoms with Crippen molar-refractivity contribution in [1.29, 1.82) is 0 Å². The van der Waals surface area contributed by atoms with Crippen molar-refractivity contribution < 1.29 is 14.3 Å². The average molecular weight is 254 g/mol. The van der Waals surface area contributed by atoms with Crippen molar-refractivity contribution in [2.75, 3.05) is 6.61 Å². The summed E-state index contributed by atoms with van der Waals surface area (Å²) in [5, 5.41) is 0. The Labute approximate surface area is 111 Å². The lowest BCUT2D eigenvalue weighted by molar-refractivity contribution is -0.196. The molecule has 1 fully saturated rings. The van der Waals surface area contributed by atoms with Crippen molar-refractivity contribution in [2.24, 2.45) is 11.8 Å². The summed E-state index contributed by atoms with van der Waals surface area (Å²) in [7, 11) is 0. The van der Waals surface area contributed by atoms with Gasteiger partial charge in [-0.15, -0.1) is 6.58 Å². The fourth-order valence-corrected chi connectivity index (χ4v) is 2.12. The van der Waals surface area contributed by atoms with E-state index in [1.807, 2.05) is 13.0 Å². The molecule has 0 spiro atoms. The van der Waals surface area contributed by atoms with Gasteiger partial charge in [-0.05, 0) is 32.1 Å². The first-order chi connectivity index (χ1) is 8.67. The van der Waals surface area contributed by atoms with E-state index in [0.29, 0.717) is 0 Å². The maximum atomic E-state index is 10.7. The summed E-state index contributed by atoms with van der Waals surface area (Å²) in [6, 6.07) is 0. The number of ether oxygens (including phenoxy) is 2. The number of hydrogen-bond acceptors (Lipinski definition) is 3. The summed E-state index contributed by atoms with van der Waals surface area (Å²) < 4.78 is 11.6. The zero-order valence-electron chi connectivity index (χ0n) is 11.6. The van der Waals surface area contributed by atoms with Gasteiger partial charge in [0.05, 0.1) is 6.10 Å². The van der Waals surface area contributed by atoms with Gasteiger partial charge in [0.15, 0.2) is 6.29 Å². The molecule has 0 aromatic heterocycles. The Morgan fingerprint density at radius 1 is 1.39 bits per heavy atom. The van der Waals surface area contributed by atoms with Gasteiger partial charge in [-0.2, -0.15) is 0 Å². The monoisotopic (exact) mass is 254 g/mol. The fourth-order valence-electron chi connectivity index (χ4n) is 2.12. The molecule has 0 radical (unpaired) electrons. The second-order valence-electron chi connectivity index (χ2n) is 5.26. The Hall–Kier alpha value is -0.670. The summed E-state index contributed by atoms with van der Waals surface area (Å²) in [6.45, 7) is 8.68. The first-order valence-corrected chi connectivity index (χ1v) is 7.02. The van der Waals surface area contributed by atoms with Gasteiger partial charge in [0.1, 0.15) is 6.29 Å². The first-order valence-electron chi connectivity index (χ1n) is 7.02. The van der Waals surface area contributed by atoms with E-state index in [9.17, 15) is 4.79 Å². The smallest absolute Gasteiger partial charge is 0.157 e. The van der Waals surface area contributed by atoms with E-state index >= 15 is 0 Å². The highest BCUT2D eigenvalue weighted by molar-refractivity contribution is 5.52. The summed E-state index contributed by atoms with van der Waals surface area (Å²) in [4.78, 5) is 10.7. The Kier molecular flexibility index (Phi) is 7.21. The van der Waals surface area contributed by atoms with Gasteiger partial charge in [0, 0.05) is 18.4 Å². The van der Waals surface area contributed by atoms with Crippen LogP contribution in [0.2, 0.25) is 0 Å². The Morgan fingerprint density at radius 2 is 2.17 bits per heavy atom. The van der Waals surface area contributed by atoms with E-state index in [-0.39, 0.29) is 24.2 Å². The van der Waals surface area contributed by atoms with Gasteiger partial charge >= 0.3 is 0 Å². The second kappa shape index (κ2) is 8.44. The lowest BCUT2D eigenvalue weighted by atomic mass is 9.96. The van der Waals surface area contributed by atoms with Crippen molar-refractivity contribution in [1.82, 2.24) is 0 Å². The maximum Gasteiger partial charge on any atom is 0.157 e. The zero-order valence-corrected chi connectivity index (χ0v) is 11.6. The normalized spacial score (nSPS) is 25.1. The van der Waals surface area contributed by atoms with Crippen LogP contribution in [0.25, 0.3) is 0 Å². The third kappa shape index (κ3) is 5.32. The van der Waals surface area contributed by atoms with Crippen LogP contribution in [0.15, 0.2) is 12.7 Å². The number of rotatable bonds is 8. The third-order valence-electron chi connectivity index (χ3n) is 3.56. The van der Waals surface area contributed by atoms with Crippen molar-refractivity contribution in [3.63, 3.8) is 0 Å². The van der Waals surface area contributed by atoms with Gasteiger partial charge < -0.3 is 14.3 Å². The molecule has 1 saturated heterocycles. The molecule has 0 aromatic rings. The largest absolute Gasteiger partial charge is 0.353 e. The van der Waals surface area contributed by atoms with Crippen LogP contribution in [-0.2, 0) is 14.3 Å². The highest BCUT2D eigenvalue weighted by Crippen LogP contribution is 2.23. The molecule has 0 aromatic carbocycles. The van der Waals surface area contributed by atoms with Crippen LogP contribution in [0, 0.1) is 11.8 Å². The van der Waals surface area contributed by atoms with Crippen molar-refractivity contribution in [3.8, 4) is 0 Å². The van der Waals surface area contributed by atoms with E-state index in [0.717, 1.165) is 38.6 Å². The van der Waals surface area contributed by atoms with Gasteiger partial charge in [-0.25, -0.2) is 0 Å². The molecule has 1 unspecified atom stereocenters. The average Bonchev–Trinajstić information content (AvgIpc) is 2.43. The number of carbonyl (C=O) groups is 1. The summed E-state index contributed by atoms with van der Waals surface area (Å²) in [5.41, 5.74) is 0. The van der Waals surface area contributed by atoms with Crippen LogP contribution >= 0.6 is 0 Å². The molecule has 1 aliphatic rings. The molecule has 3 nitrogen and oxygen atoms in total. The maximum absolute atomic E-state index is 10.7. The predicted molar refractivity (Wildman–Crippen MR) is 72.3 cm³/mol. The summed E-state index contributed by atoms with van der Waals surface area (Å²) in [6.07, 6.45) is 7.97. The van der Waals surface area contributed by atoms with Crippen LogP contribution in [0.4, 0.5) is 0 Å². The predicted octanol–water partition coefficient (Wildman–Crippen LogP) is 3.34. The molecular formula is C15H26O3. The zero-order chi connectivity index (χ0) is 13.4. The van der Waals surface area contributed by atoms with Crippen molar-refractivity contribution in [3.05, 3.63) is 12.7 Å². The molecule has 0 saturated carbocycles. The van der Waals surface area contributed by atoms with Gasteiger partial charge in [0.25, 0.3) is 0 Å². The number of carbonyl (C=O) groups excluding carboxylic acids is 1. The van der Waals surface area contributed by atoms with Crippen molar-refractivity contribution >= 4 is 6.29 Å². The van der Waals surface area contributed by atoms with Crippen LogP contribution in [0.5, 0.6) is 0 Å². The van der Waals surface area contributed by atoms with Crippen LogP contribution in [0.1, 0.15) is 46.0 Å². The van der Waals surface area contributed by atoms with E-state index in [2.05, 4.69) is 13.5 Å². The van der Waals surface area contributed by atoms with Crippen LogP contribution in [0.3, 0.4) is 0 Å². The molecular weight excluding hydrogens is 228 g/mol. The molecule has 3 heteroatoms. The number of hydrogen-bond donors (Lipinski definition) is 0. The van der Waals surface area contributed by atoms with Gasteiger partial charge in [-0.3, -0.25) is 0 Å². The summed E-state index contributed by atoms with van der Waals surface area (Å²) >= 11 is 0. The summed E-state index contributed by atoms with van der Waals surface area (Å²) in [5.74, 6) is 0.384. The Balaban J connectivity index is 2.43. The highest BCUT2D eigenvalue weighted by atomic mass is 16.7. The van der Waals surface area contributed by atoms with E-state index in [1.54, 1.807) is 0 Å². The lowest BCUT2D eigenvalue weighted by Crippen LogP contribution is -2.31. The molecule has 0 bridgehead atoms. The molecule has 18 heavy (non-hydrogen) atoms. The minimum absolute atomic E-state index is 0.0716. The quantitative estimate of drug-likeness (QED) is 0.492. The standard InChI is InChI=1S/C15H26O3/c1-4-13(3)14(9-8-12(2)11-16)18-15-7-5-6-10-17-15/h4,11-15H,1,5-10H2,2-3H3/t12-,13-,14+,15?/m1/s1. The lowest BCUT2D eigenvalue weighted by Gasteiger charge is -2.30.